The summed E-state index contributed by atoms with van der Waals surface area (Å²) in [6.45, 7) is 1.39. The van der Waals surface area contributed by atoms with Crippen LogP contribution in [-0.2, 0) is 0 Å². The average molecular weight is 237 g/mol. The van der Waals surface area contributed by atoms with Crippen molar-refractivity contribution in [3.05, 3.63) is 23.6 Å². The number of halogens is 1. The van der Waals surface area contributed by atoms with Crippen LogP contribution in [0.1, 0.15) is 36.0 Å². The van der Waals surface area contributed by atoms with Crippen molar-refractivity contribution >= 4 is 11.7 Å². The lowest BCUT2D eigenvalue weighted by Crippen LogP contribution is -2.32. The zero-order chi connectivity index (χ0) is 12.3. The van der Waals surface area contributed by atoms with Crippen molar-refractivity contribution < 1.29 is 9.18 Å². The van der Waals surface area contributed by atoms with E-state index in [1.54, 1.807) is 4.90 Å². The number of nitrogens with zero attached hydrogens (tertiary/aromatic N) is 2. The van der Waals surface area contributed by atoms with Crippen molar-refractivity contribution in [2.24, 2.45) is 0 Å². The molecule has 0 unspecified atom stereocenters. The number of anilines is 1. The van der Waals surface area contributed by atoms with E-state index in [0.717, 1.165) is 25.7 Å². The van der Waals surface area contributed by atoms with Crippen LogP contribution in [0.15, 0.2) is 12.3 Å². The van der Waals surface area contributed by atoms with E-state index in [0.29, 0.717) is 13.1 Å². The molecule has 1 amide bonds. The summed E-state index contributed by atoms with van der Waals surface area (Å²) in [6, 6.07) is 1.39. The summed E-state index contributed by atoms with van der Waals surface area (Å²) < 4.78 is 13.7. The monoisotopic (exact) mass is 237 g/mol. The zero-order valence-corrected chi connectivity index (χ0v) is 9.66. The predicted octanol–water partition coefficient (Wildman–Crippen LogP) is 1.82. The van der Waals surface area contributed by atoms with Crippen molar-refractivity contribution in [2.45, 2.75) is 25.7 Å². The van der Waals surface area contributed by atoms with Gasteiger partial charge in [0, 0.05) is 19.3 Å². The molecule has 1 aliphatic heterocycles. The topological polar surface area (TPSA) is 59.2 Å². The third-order valence-electron chi connectivity index (χ3n) is 3.04. The van der Waals surface area contributed by atoms with Gasteiger partial charge in [-0.2, -0.15) is 0 Å². The number of pyridine rings is 1. The first kappa shape index (κ1) is 11.8. The summed E-state index contributed by atoms with van der Waals surface area (Å²) in [4.78, 5) is 17.4. The maximum Gasteiger partial charge on any atom is 0.257 e. The van der Waals surface area contributed by atoms with E-state index in [4.69, 9.17) is 5.73 Å². The normalized spacial score (nSPS) is 16.6. The van der Waals surface area contributed by atoms with Crippen LogP contribution in [0.5, 0.6) is 0 Å². The summed E-state index contributed by atoms with van der Waals surface area (Å²) in [5.74, 6) is -1.20. The number of carbonyl (C=O) groups excluding carboxylic acids is 1. The summed E-state index contributed by atoms with van der Waals surface area (Å²) in [7, 11) is 0. The molecule has 5 heteroatoms. The highest BCUT2D eigenvalue weighted by atomic mass is 19.1. The fraction of sp³-hybridized carbons (Fsp3) is 0.500. The molecular formula is C12H16FN3O. The molecule has 2 heterocycles. The first-order chi connectivity index (χ1) is 8.20. The van der Waals surface area contributed by atoms with Gasteiger partial charge in [0.25, 0.3) is 5.91 Å². The third-order valence-corrected chi connectivity index (χ3v) is 3.04. The quantitative estimate of drug-likeness (QED) is 0.810. The second kappa shape index (κ2) is 5.12. The smallest absolute Gasteiger partial charge is 0.257 e. The van der Waals surface area contributed by atoms with Crippen molar-refractivity contribution in [1.82, 2.24) is 9.88 Å². The molecule has 1 saturated heterocycles. The molecule has 1 aliphatic rings. The Labute approximate surface area is 99.6 Å². The zero-order valence-electron chi connectivity index (χ0n) is 9.66. The van der Waals surface area contributed by atoms with Crippen LogP contribution in [0.25, 0.3) is 0 Å². The van der Waals surface area contributed by atoms with E-state index in [1.165, 1.54) is 12.3 Å². The Balaban J connectivity index is 2.20. The molecular weight excluding hydrogens is 221 g/mol. The molecule has 0 bridgehead atoms. The third kappa shape index (κ3) is 2.54. The lowest BCUT2D eigenvalue weighted by molar-refractivity contribution is 0.0757. The number of nitrogens with two attached hydrogens (primary N) is 1. The highest BCUT2D eigenvalue weighted by molar-refractivity contribution is 5.95. The van der Waals surface area contributed by atoms with E-state index < -0.39 is 5.82 Å². The first-order valence-corrected chi connectivity index (χ1v) is 5.89. The van der Waals surface area contributed by atoms with E-state index in [1.807, 2.05) is 0 Å². The van der Waals surface area contributed by atoms with Crippen LogP contribution in [0.3, 0.4) is 0 Å². The SMILES string of the molecule is Nc1nccc(C(=O)N2CCCCCC2)c1F. The van der Waals surface area contributed by atoms with E-state index >= 15 is 0 Å². The minimum Gasteiger partial charge on any atom is -0.381 e. The number of likely N-dealkylation sites (tertiary alicyclic amines) is 1. The molecule has 2 N–H and O–H groups in total. The molecule has 0 atom stereocenters. The van der Waals surface area contributed by atoms with Crippen molar-refractivity contribution in [3.8, 4) is 0 Å². The number of amides is 1. The fourth-order valence-corrected chi connectivity index (χ4v) is 2.07. The van der Waals surface area contributed by atoms with Crippen molar-refractivity contribution in [3.63, 3.8) is 0 Å². The van der Waals surface area contributed by atoms with Crippen LogP contribution < -0.4 is 5.73 Å². The van der Waals surface area contributed by atoms with Crippen molar-refractivity contribution in [1.29, 1.82) is 0 Å². The number of carbonyl (C=O) groups is 1. The van der Waals surface area contributed by atoms with E-state index in [-0.39, 0.29) is 17.3 Å². The summed E-state index contributed by atoms with van der Waals surface area (Å²) in [6.07, 6.45) is 5.58. The van der Waals surface area contributed by atoms with Gasteiger partial charge >= 0.3 is 0 Å². The van der Waals surface area contributed by atoms with Gasteiger partial charge in [0.05, 0.1) is 5.56 Å². The molecule has 1 aromatic heterocycles. The Morgan fingerprint density at radius 1 is 1.29 bits per heavy atom. The lowest BCUT2D eigenvalue weighted by atomic mass is 10.2. The van der Waals surface area contributed by atoms with Gasteiger partial charge in [-0.25, -0.2) is 9.37 Å². The van der Waals surface area contributed by atoms with Gasteiger partial charge in [-0.15, -0.1) is 0 Å². The predicted molar refractivity (Wildman–Crippen MR) is 63.0 cm³/mol. The fourth-order valence-electron chi connectivity index (χ4n) is 2.07. The maximum atomic E-state index is 13.7. The number of hydrogen-bond donors (Lipinski definition) is 1. The molecule has 0 spiro atoms. The number of rotatable bonds is 1. The summed E-state index contributed by atoms with van der Waals surface area (Å²) >= 11 is 0. The van der Waals surface area contributed by atoms with Crippen LogP contribution in [0.2, 0.25) is 0 Å². The number of nitrogen functional groups attached to an aromatic ring is 1. The molecule has 0 saturated carbocycles. The Kier molecular flexibility index (Phi) is 3.56. The Morgan fingerprint density at radius 3 is 2.59 bits per heavy atom. The van der Waals surface area contributed by atoms with Crippen molar-refractivity contribution in [2.75, 3.05) is 18.8 Å². The van der Waals surface area contributed by atoms with Gasteiger partial charge in [-0.05, 0) is 18.9 Å². The molecule has 0 aliphatic carbocycles. The standard InChI is InChI=1S/C12H16FN3O/c13-10-9(5-6-15-11(10)14)12(17)16-7-3-1-2-4-8-16/h5-6H,1-4,7-8H2,(H2,14,15). The Hall–Kier alpha value is -1.65. The van der Waals surface area contributed by atoms with Crippen LogP contribution in [-0.4, -0.2) is 28.9 Å². The second-order valence-corrected chi connectivity index (χ2v) is 4.26. The van der Waals surface area contributed by atoms with Gasteiger partial charge in [0.1, 0.15) is 0 Å². The van der Waals surface area contributed by atoms with Gasteiger partial charge in [0.2, 0.25) is 0 Å². The lowest BCUT2D eigenvalue weighted by Gasteiger charge is -2.20. The molecule has 1 fully saturated rings. The van der Waals surface area contributed by atoms with Crippen LogP contribution in [0, 0.1) is 5.82 Å². The van der Waals surface area contributed by atoms with Gasteiger partial charge in [-0.1, -0.05) is 12.8 Å². The minimum atomic E-state index is -0.707. The average Bonchev–Trinajstić information content (AvgIpc) is 2.60. The molecule has 1 aromatic rings. The molecule has 0 radical (unpaired) electrons. The molecule has 17 heavy (non-hydrogen) atoms. The van der Waals surface area contributed by atoms with E-state index in [2.05, 4.69) is 4.98 Å². The summed E-state index contributed by atoms with van der Waals surface area (Å²) in [5, 5.41) is 0. The second-order valence-electron chi connectivity index (χ2n) is 4.26. The molecule has 92 valence electrons. The minimum absolute atomic E-state index is 0.0272. The largest absolute Gasteiger partial charge is 0.381 e. The highest BCUT2D eigenvalue weighted by Crippen LogP contribution is 2.17. The van der Waals surface area contributed by atoms with E-state index in [9.17, 15) is 9.18 Å². The number of aromatic nitrogens is 1. The Morgan fingerprint density at radius 2 is 1.94 bits per heavy atom. The van der Waals surface area contributed by atoms with Gasteiger partial charge in [-0.3, -0.25) is 4.79 Å². The number of hydrogen-bond acceptors (Lipinski definition) is 3. The first-order valence-electron chi connectivity index (χ1n) is 5.89. The highest BCUT2D eigenvalue weighted by Gasteiger charge is 2.21. The molecule has 2 rings (SSSR count). The van der Waals surface area contributed by atoms with Gasteiger partial charge in [0.15, 0.2) is 11.6 Å². The molecule has 0 aromatic carbocycles. The Bertz CT molecular complexity index is 414. The van der Waals surface area contributed by atoms with Crippen LogP contribution >= 0.6 is 0 Å². The van der Waals surface area contributed by atoms with Gasteiger partial charge < -0.3 is 10.6 Å². The molecule has 4 nitrogen and oxygen atoms in total. The maximum absolute atomic E-state index is 13.7. The summed E-state index contributed by atoms with van der Waals surface area (Å²) in [5.41, 5.74) is 5.39. The van der Waals surface area contributed by atoms with Crippen LogP contribution in [0.4, 0.5) is 10.2 Å².